The summed E-state index contributed by atoms with van der Waals surface area (Å²) < 4.78 is 5.02. The van der Waals surface area contributed by atoms with E-state index in [1.165, 1.54) is 16.8 Å². The van der Waals surface area contributed by atoms with Crippen LogP contribution in [0.25, 0.3) is 0 Å². The van der Waals surface area contributed by atoms with E-state index in [1.54, 1.807) is 7.11 Å². The normalized spacial score (nSPS) is 19.4. The Bertz CT molecular complexity index is 423. The molecule has 1 aromatic rings. The number of anilines is 1. The van der Waals surface area contributed by atoms with Crippen molar-refractivity contribution in [2.75, 3.05) is 38.3 Å². The molecule has 0 radical (unpaired) electrons. The number of piperidine rings is 1. The quantitative estimate of drug-likeness (QED) is 0.777. The summed E-state index contributed by atoms with van der Waals surface area (Å²) in [5.41, 5.74) is 3.83. The summed E-state index contributed by atoms with van der Waals surface area (Å²) in [5.74, 6) is 0. The lowest BCUT2D eigenvalue weighted by Crippen LogP contribution is -2.38. The molecule has 0 saturated carbocycles. The van der Waals surface area contributed by atoms with Crippen LogP contribution in [0, 0.1) is 6.92 Å². The van der Waals surface area contributed by atoms with Crippen LogP contribution in [0.2, 0.25) is 0 Å². The lowest BCUT2D eigenvalue weighted by Gasteiger charge is -2.33. The zero-order chi connectivity index (χ0) is 14.4. The number of aliphatic hydroxyl groups is 1. The van der Waals surface area contributed by atoms with Gasteiger partial charge < -0.3 is 20.1 Å². The van der Waals surface area contributed by atoms with Gasteiger partial charge in [0.05, 0.1) is 12.7 Å². The van der Waals surface area contributed by atoms with Gasteiger partial charge in [0.25, 0.3) is 0 Å². The van der Waals surface area contributed by atoms with Gasteiger partial charge in [0.15, 0.2) is 0 Å². The minimum absolute atomic E-state index is 0.182. The molecule has 2 rings (SSSR count). The van der Waals surface area contributed by atoms with Crippen LogP contribution in [0.5, 0.6) is 0 Å². The summed E-state index contributed by atoms with van der Waals surface area (Å²) in [5, 5.41) is 13.1. The highest BCUT2D eigenvalue weighted by molar-refractivity contribution is 5.54. The molecule has 2 N–H and O–H groups in total. The average molecular weight is 278 g/mol. The first-order chi connectivity index (χ1) is 9.70. The number of nitrogens with one attached hydrogen (secondary N) is 1. The number of methoxy groups -OCH3 is 1. The Hall–Kier alpha value is -1.10. The van der Waals surface area contributed by atoms with Crippen LogP contribution in [0.3, 0.4) is 0 Å². The second-order valence-corrected chi connectivity index (χ2v) is 5.53. The molecule has 0 amide bonds. The van der Waals surface area contributed by atoms with Gasteiger partial charge in [-0.3, -0.25) is 0 Å². The molecule has 1 aromatic carbocycles. The van der Waals surface area contributed by atoms with E-state index < -0.39 is 0 Å². The van der Waals surface area contributed by atoms with Gasteiger partial charge in [0.2, 0.25) is 0 Å². The first kappa shape index (κ1) is 15.3. The first-order valence-electron chi connectivity index (χ1n) is 7.43. The Labute approximate surface area is 121 Å². The monoisotopic (exact) mass is 278 g/mol. The van der Waals surface area contributed by atoms with Crippen molar-refractivity contribution in [3.63, 3.8) is 0 Å². The van der Waals surface area contributed by atoms with Gasteiger partial charge in [0.1, 0.15) is 0 Å². The largest absolute Gasteiger partial charge is 0.391 e. The first-order valence-corrected chi connectivity index (χ1v) is 7.43. The lowest BCUT2D eigenvalue weighted by molar-refractivity contribution is 0.154. The zero-order valence-electron chi connectivity index (χ0n) is 12.6. The molecule has 112 valence electrons. The minimum atomic E-state index is -0.182. The van der Waals surface area contributed by atoms with Crippen molar-refractivity contribution in [1.29, 1.82) is 0 Å². The smallest absolute Gasteiger partial charge is 0.0715 e. The summed E-state index contributed by atoms with van der Waals surface area (Å²) in [6.45, 7) is 6.43. The van der Waals surface area contributed by atoms with E-state index >= 15 is 0 Å². The van der Waals surface area contributed by atoms with E-state index in [-0.39, 0.29) is 6.10 Å². The van der Waals surface area contributed by atoms with Gasteiger partial charge in [-0.15, -0.1) is 0 Å². The van der Waals surface area contributed by atoms with Crippen molar-refractivity contribution < 1.29 is 9.84 Å². The number of hydrogen-bond acceptors (Lipinski definition) is 4. The third-order valence-corrected chi connectivity index (χ3v) is 3.81. The number of aliphatic hydroxyl groups excluding tert-OH is 1. The zero-order valence-corrected chi connectivity index (χ0v) is 12.6. The van der Waals surface area contributed by atoms with Crippen LogP contribution in [0.15, 0.2) is 18.2 Å². The molecule has 1 aliphatic heterocycles. The molecule has 1 aliphatic rings. The van der Waals surface area contributed by atoms with Crippen molar-refractivity contribution in [2.24, 2.45) is 0 Å². The number of hydrogen-bond donors (Lipinski definition) is 2. The van der Waals surface area contributed by atoms with E-state index in [0.717, 1.165) is 45.6 Å². The van der Waals surface area contributed by atoms with Crippen LogP contribution >= 0.6 is 0 Å². The second kappa shape index (κ2) is 7.62. The van der Waals surface area contributed by atoms with E-state index in [2.05, 4.69) is 35.3 Å². The molecule has 1 fully saturated rings. The topological polar surface area (TPSA) is 44.7 Å². The number of aryl methyl sites for hydroxylation is 1. The molecule has 1 atom stereocenters. The Balaban J connectivity index is 1.95. The second-order valence-electron chi connectivity index (χ2n) is 5.53. The Morgan fingerprint density at radius 2 is 2.30 bits per heavy atom. The van der Waals surface area contributed by atoms with Gasteiger partial charge in [-0.2, -0.15) is 0 Å². The van der Waals surface area contributed by atoms with Gasteiger partial charge in [0, 0.05) is 39.0 Å². The average Bonchev–Trinajstić information content (AvgIpc) is 2.44. The summed E-state index contributed by atoms with van der Waals surface area (Å²) >= 11 is 0. The van der Waals surface area contributed by atoms with Gasteiger partial charge in [-0.1, -0.05) is 12.1 Å². The Morgan fingerprint density at radius 3 is 3.00 bits per heavy atom. The number of ether oxygens (including phenoxy) is 1. The van der Waals surface area contributed by atoms with Gasteiger partial charge >= 0.3 is 0 Å². The van der Waals surface area contributed by atoms with Crippen LogP contribution < -0.4 is 10.2 Å². The van der Waals surface area contributed by atoms with Crippen LogP contribution in [0.1, 0.15) is 24.0 Å². The summed E-state index contributed by atoms with van der Waals surface area (Å²) in [4.78, 5) is 2.30. The molecule has 0 spiro atoms. The maximum absolute atomic E-state index is 9.79. The predicted molar refractivity (Wildman–Crippen MR) is 82.2 cm³/mol. The highest BCUT2D eigenvalue weighted by Crippen LogP contribution is 2.24. The van der Waals surface area contributed by atoms with Crippen molar-refractivity contribution in [3.8, 4) is 0 Å². The molecule has 1 unspecified atom stereocenters. The third-order valence-electron chi connectivity index (χ3n) is 3.81. The third kappa shape index (κ3) is 4.20. The van der Waals surface area contributed by atoms with Crippen molar-refractivity contribution in [2.45, 2.75) is 32.4 Å². The molecule has 0 bridgehead atoms. The van der Waals surface area contributed by atoms with Crippen molar-refractivity contribution >= 4 is 5.69 Å². The van der Waals surface area contributed by atoms with Crippen molar-refractivity contribution in [3.05, 3.63) is 29.3 Å². The van der Waals surface area contributed by atoms with Gasteiger partial charge in [-0.25, -0.2) is 0 Å². The lowest BCUT2D eigenvalue weighted by atomic mass is 10.0. The van der Waals surface area contributed by atoms with E-state index in [1.807, 2.05) is 0 Å². The molecule has 4 nitrogen and oxygen atoms in total. The molecular weight excluding hydrogens is 252 g/mol. The summed E-state index contributed by atoms with van der Waals surface area (Å²) in [6.07, 6.45) is 1.82. The van der Waals surface area contributed by atoms with E-state index in [4.69, 9.17) is 4.74 Å². The fraction of sp³-hybridized carbons (Fsp3) is 0.625. The van der Waals surface area contributed by atoms with Crippen molar-refractivity contribution in [1.82, 2.24) is 5.32 Å². The molecule has 1 saturated heterocycles. The molecule has 1 heterocycles. The molecule has 20 heavy (non-hydrogen) atoms. The minimum Gasteiger partial charge on any atom is -0.391 e. The van der Waals surface area contributed by atoms with Gasteiger partial charge in [-0.05, 0) is 37.0 Å². The van der Waals surface area contributed by atoms with Crippen LogP contribution in [0.4, 0.5) is 5.69 Å². The number of rotatable bonds is 6. The Morgan fingerprint density at radius 1 is 1.45 bits per heavy atom. The maximum atomic E-state index is 9.79. The fourth-order valence-corrected chi connectivity index (χ4v) is 2.76. The highest BCUT2D eigenvalue weighted by atomic mass is 16.5. The predicted octanol–water partition coefficient (Wildman–Crippen LogP) is 1.69. The van der Waals surface area contributed by atoms with E-state index in [9.17, 15) is 5.11 Å². The Kier molecular flexibility index (Phi) is 5.83. The number of benzene rings is 1. The number of nitrogens with zero attached hydrogens (tertiary/aromatic N) is 1. The SMILES string of the molecule is COCCNCc1ccc(N2CCCC(O)C2)c(C)c1. The summed E-state index contributed by atoms with van der Waals surface area (Å²) in [7, 11) is 1.72. The maximum Gasteiger partial charge on any atom is 0.0715 e. The highest BCUT2D eigenvalue weighted by Gasteiger charge is 2.19. The molecule has 0 aromatic heterocycles. The molecule has 0 aliphatic carbocycles. The summed E-state index contributed by atoms with van der Waals surface area (Å²) in [6, 6.07) is 6.58. The van der Waals surface area contributed by atoms with Crippen LogP contribution in [-0.4, -0.2) is 44.6 Å². The molecule has 4 heteroatoms. The fourth-order valence-electron chi connectivity index (χ4n) is 2.76. The number of β-amino-alcohol motifs (C(OH)–C–C–N with tert-alkyl or cyclic N) is 1. The standard InChI is InChI=1S/C16H26N2O2/c1-13-10-14(11-17-7-9-20-2)5-6-16(13)18-8-3-4-15(19)12-18/h5-6,10,15,17,19H,3-4,7-9,11-12H2,1-2H3. The van der Waals surface area contributed by atoms with E-state index in [0.29, 0.717) is 0 Å². The van der Waals surface area contributed by atoms with Crippen LogP contribution in [-0.2, 0) is 11.3 Å². The molecular formula is C16H26N2O2.